The average molecular weight is 1210 g/mol. The third kappa shape index (κ3) is 10.8. The van der Waals surface area contributed by atoms with E-state index in [2.05, 4.69) is 54.5 Å². The molecule has 0 unspecified atom stereocenters. The van der Waals surface area contributed by atoms with Gasteiger partial charge in [-0.1, -0.05) is 60.1 Å². The number of esters is 1. The summed E-state index contributed by atoms with van der Waals surface area (Å²) in [6.45, 7) is 17.2. The molecule has 0 aromatic carbocycles. The normalized spacial score (nSPS) is 54.6. The van der Waals surface area contributed by atoms with Crippen molar-refractivity contribution in [3.63, 3.8) is 0 Å². The number of carbonyl (C=O) groups excluding carboxylic acids is 1. The van der Waals surface area contributed by atoms with E-state index in [0.29, 0.717) is 19.3 Å². The Morgan fingerprint density at radius 1 is 0.536 bits per heavy atom. The van der Waals surface area contributed by atoms with Gasteiger partial charge in [-0.15, -0.1) is 0 Å². The van der Waals surface area contributed by atoms with Gasteiger partial charge in [0.25, 0.3) is 0 Å². The van der Waals surface area contributed by atoms with Crippen molar-refractivity contribution in [2.24, 2.45) is 50.2 Å². The molecule has 5 heterocycles. The van der Waals surface area contributed by atoms with Crippen LogP contribution in [0.15, 0.2) is 11.6 Å². The van der Waals surface area contributed by atoms with Gasteiger partial charge in [0.1, 0.15) is 104 Å². The van der Waals surface area contributed by atoms with Crippen LogP contribution in [0, 0.1) is 50.2 Å². The molecule has 25 heteroatoms. The standard InChI is InChI=1S/C59H96O25/c1-24-34(62)39(67)42(70)49(76-24)83-47-38(66)29(22-61)79-52(45(47)73)82-46-35(63)25(2)77-51(44(46)72)80-30-23-75-48(41(69)37(30)65)81-33-13-14-56(7)31(55(33,5)6)12-15-58(9)32(56)11-10-26-27-20-54(3,4)16-18-59(27,19-17-57(26,58)8)53(74)84-50-43(71)40(68)36(64)28(21-60)78-50/h10,24-25,27-52,60-73H,11-23H2,1-9H3/t24-,25-,27-,28+,29+,30+,31-,32+,33-,34-,35-,36+,37-,38+,39+,40-,41+,42+,43+,44+,45+,46+,47-,48-,49-,50-,51-,52-,56-,57+,58+,59-/m0/s1. The summed E-state index contributed by atoms with van der Waals surface area (Å²) in [5, 5.41) is 152. The number of hydrogen-bond donors (Lipinski definition) is 14. The Kier molecular flexibility index (Phi) is 18.5. The van der Waals surface area contributed by atoms with Crippen LogP contribution < -0.4 is 0 Å². The summed E-state index contributed by atoms with van der Waals surface area (Å²) in [7, 11) is 0. The Morgan fingerprint density at radius 3 is 1.74 bits per heavy atom. The summed E-state index contributed by atoms with van der Waals surface area (Å²) in [5.74, 6) is -0.221. The maximum absolute atomic E-state index is 14.8. The van der Waals surface area contributed by atoms with Gasteiger partial charge in [0.2, 0.25) is 6.29 Å². The molecule has 0 spiro atoms. The molecule has 5 aliphatic carbocycles. The first-order valence-electron chi connectivity index (χ1n) is 30.5. The monoisotopic (exact) mass is 1200 g/mol. The average Bonchev–Trinajstić information content (AvgIpc) is 0.686. The zero-order valence-electron chi connectivity index (χ0n) is 49.7. The van der Waals surface area contributed by atoms with Crippen molar-refractivity contribution in [2.45, 2.75) is 280 Å². The van der Waals surface area contributed by atoms with E-state index >= 15 is 0 Å². The molecule has 482 valence electrons. The van der Waals surface area contributed by atoms with Crippen molar-refractivity contribution in [1.29, 1.82) is 0 Å². The minimum atomic E-state index is -1.93. The number of allylic oxidation sites excluding steroid dienone is 2. The molecule has 5 saturated heterocycles. The number of carbonyl (C=O) groups is 1. The molecule has 0 radical (unpaired) electrons. The molecule has 14 N–H and O–H groups in total. The maximum atomic E-state index is 14.8. The number of fused-ring (bicyclic) bond motifs is 7. The van der Waals surface area contributed by atoms with E-state index in [0.717, 1.165) is 44.9 Å². The minimum Gasteiger partial charge on any atom is -0.432 e. The SMILES string of the molecule is C[C@@H]1O[C@@H](O[C@@H]2[C@@H](O)[C@H](O[C@@H]3[C@@H](O)[C@H](C)O[C@@H](O[C@@H]4CO[C@@H](O[C@H]5CC[C@]6(C)[C@H]7CC=C8[C@@H]9CC(C)(C)CC[C@]9(C(=O)O[C@@H]9O[C@H](CO)[C@@H](O)[C@H](O)[C@H]9O)CC[C@@]8(C)[C@]7(C)CC[C@H]6C5(C)C)[C@H](O)[C@H]4O)[C@@H]3O)O[C@H](CO)[C@H]2O)[C@H](O)[C@H](O)[C@H]1O. The van der Waals surface area contributed by atoms with Crippen molar-refractivity contribution in [1.82, 2.24) is 0 Å². The second kappa shape index (κ2) is 23.8. The second-order valence-corrected chi connectivity index (χ2v) is 28.6. The van der Waals surface area contributed by atoms with E-state index in [1.165, 1.54) is 19.4 Å². The van der Waals surface area contributed by atoms with Gasteiger partial charge in [0, 0.05) is 0 Å². The Bertz CT molecular complexity index is 2340. The highest BCUT2D eigenvalue weighted by Crippen LogP contribution is 2.76. The van der Waals surface area contributed by atoms with Crippen molar-refractivity contribution in [3.8, 4) is 0 Å². The van der Waals surface area contributed by atoms with E-state index in [9.17, 15) is 76.3 Å². The van der Waals surface area contributed by atoms with E-state index < -0.39 is 184 Å². The largest absolute Gasteiger partial charge is 0.432 e. The molecule has 10 aliphatic rings. The summed E-state index contributed by atoms with van der Waals surface area (Å²) in [4.78, 5) is 14.8. The molecule has 4 saturated carbocycles. The fourth-order valence-electron chi connectivity index (χ4n) is 17.6. The van der Waals surface area contributed by atoms with E-state index in [-0.39, 0.29) is 46.0 Å². The van der Waals surface area contributed by atoms with E-state index in [4.69, 9.17) is 47.4 Å². The molecule has 10 rings (SSSR count). The Morgan fingerprint density at radius 2 is 1.08 bits per heavy atom. The number of aliphatic hydroxyl groups is 14. The van der Waals surface area contributed by atoms with Crippen molar-refractivity contribution in [3.05, 3.63) is 11.6 Å². The van der Waals surface area contributed by atoms with Crippen LogP contribution in [0.5, 0.6) is 0 Å². The van der Waals surface area contributed by atoms with Crippen molar-refractivity contribution >= 4 is 5.97 Å². The summed E-state index contributed by atoms with van der Waals surface area (Å²) >= 11 is 0. The lowest BCUT2D eigenvalue weighted by molar-refractivity contribution is -0.385. The van der Waals surface area contributed by atoms with E-state index in [1.807, 2.05) is 0 Å². The van der Waals surface area contributed by atoms with Gasteiger partial charge in [0.05, 0.1) is 43.5 Å². The first-order chi connectivity index (χ1) is 39.3. The third-order valence-electron chi connectivity index (χ3n) is 23.1. The topological polar surface area (TPSA) is 393 Å². The number of rotatable bonds is 12. The molecule has 32 atom stereocenters. The Balaban J connectivity index is 0.787. The summed E-state index contributed by atoms with van der Waals surface area (Å²) in [5.41, 5.74) is -0.741. The van der Waals surface area contributed by atoms with Crippen LogP contribution >= 0.6 is 0 Å². The zero-order valence-corrected chi connectivity index (χ0v) is 49.7. The lowest BCUT2D eigenvalue weighted by Crippen LogP contribution is -2.67. The van der Waals surface area contributed by atoms with Gasteiger partial charge in [-0.25, -0.2) is 0 Å². The lowest BCUT2D eigenvalue weighted by Gasteiger charge is -2.71. The summed E-state index contributed by atoms with van der Waals surface area (Å²) in [6.07, 6.45) is -28.3. The molecule has 5 aliphatic heterocycles. The second-order valence-electron chi connectivity index (χ2n) is 28.6. The van der Waals surface area contributed by atoms with Crippen molar-refractivity contribution in [2.75, 3.05) is 19.8 Å². The first kappa shape index (κ1) is 65.2. The van der Waals surface area contributed by atoms with Crippen LogP contribution in [-0.2, 0) is 52.2 Å². The third-order valence-corrected chi connectivity index (χ3v) is 23.1. The molecule has 84 heavy (non-hydrogen) atoms. The zero-order chi connectivity index (χ0) is 61.3. The minimum absolute atomic E-state index is 0.0758. The van der Waals surface area contributed by atoms with Gasteiger partial charge < -0.3 is 119 Å². The molecular formula is C59H96O25. The smallest absolute Gasteiger partial charge is 0.315 e. The first-order valence-corrected chi connectivity index (χ1v) is 30.5. The summed E-state index contributed by atoms with van der Waals surface area (Å²) < 4.78 is 59.3. The van der Waals surface area contributed by atoms with Gasteiger partial charge in [-0.3, -0.25) is 4.79 Å². The van der Waals surface area contributed by atoms with Crippen LogP contribution in [0.3, 0.4) is 0 Å². The van der Waals surface area contributed by atoms with Crippen LogP contribution in [0.4, 0.5) is 0 Å². The Labute approximate surface area is 490 Å². The lowest BCUT2D eigenvalue weighted by atomic mass is 9.33. The highest BCUT2D eigenvalue weighted by Gasteiger charge is 2.70. The van der Waals surface area contributed by atoms with Gasteiger partial charge in [-0.2, -0.15) is 0 Å². The molecule has 0 amide bonds. The quantitative estimate of drug-likeness (QED) is 0.0600. The van der Waals surface area contributed by atoms with Crippen LogP contribution in [0.25, 0.3) is 0 Å². The fraction of sp³-hybridized carbons (Fsp3) is 0.949. The number of aliphatic hydroxyl groups excluding tert-OH is 14. The van der Waals surface area contributed by atoms with Crippen LogP contribution in [0.2, 0.25) is 0 Å². The molecule has 25 nitrogen and oxygen atoms in total. The highest BCUT2D eigenvalue weighted by atomic mass is 16.8. The predicted octanol–water partition coefficient (Wildman–Crippen LogP) is -1.52. The molecule has 0 bridgehead atoms. The highest BCUT2D eigenvalue weighted by molar-refractivity contribution is 5.79. The molecule has 9 fully saturated rings. The fourth-order valence-corrected chi connectivity index (χ4v) is 17.6. The van der Waals surface area contributed by atoms with Crippen LogP contribution in [-0.4, -0.2) is 251 Å². The van der Waals surface area contributed by atoms with Crippen molar-refractivity contribution < 1.29 is 124 Å². The molecular weight excluding hydrogens is 1110 g/mol. The van der Waals surface area contributed by atoms with E-state index in [1.54, 1.807) is 0 Å². The van der Waals surface area contributed by atoms with Gasteiger partial charge in [0.15, 0.2) is 25.2 Å². The summed E-state index contributed by atoms with van der Waals surface area (Å²) in [6, 6.07) is 0. The van der Waals surface area contributed by atoms with Crippen LogP contribution in [0.1, 0.15) is 127 Å². The van der Waals surface area contributed by atoms with Gasteiger partial charge >= 0.3 is 5.97 Å². The molecule has 0 aromatic heterocycles. The maximum Gasteiger partial charge on any atom is 0.315 e. The number of ether oxygens (including phenoxy) is 10. The molecule has 0 aromatic rings. The predicted molar refractivity (Wildman–Crippen MR) is 287 cm³/mol. The number of hydrogen-bond acceptors (Lipinski definition) is 25. The Hall–Kier alpha value is -1.71. The van der Waals surface area contributed by atoms with Gasteiger partial charge in [-0.05, 0) is 123 Å².